The monoisotopic (exact) mass is 167 g/mol. The normalized spacial score (nSPS) is 12.2. The molecule has 0 saturated heterocycles. The fraction of sp³-hybridized carbons (Fsp3) is 0.700. The highest BCUT2D eigenvalue weighted by Crippen LogP contribution is 2.37. The predicted molar refractivity (Wildman–Crippen MR) is 54.9 cm³/mol. The van der Waals surface area contributed by atoms with Gasteiger partial charge in [-0.1, -0.05) is 33.9 Å². The van der Waals surface area contributed by atoms with Gasteiger partial charge in [0.05, 0.1) is 8.07 Å². The van der Waals surface area contributed by atoms with Gasteiger partial charge in [-0.05, 0) is 12.0 Å². The Balaban J connectivity index is 4.30. The molecule has 0 saturated carbocycles. The van der Waals surface area contributed by atoms with E-state index in [1.807, 2.05) is 6.92 Å². The molecule has 0 aliphatic carbocycles. The van der Waals surface area contributed by atoms with Crippen LogP contribution in [0.1, 0.15) is 27.7 Å². The lowest BCUT2D eigenvalue weighted by Gasteiger charge is -2.34. The van der Waals surface area contributed by atoms with Gasteiger partial charge in [-0.2, -0.15) is 0 Å². The molecule has 0 amide bonds. The number of hydrogen-bond acceptors (Lipinski definition) is 0. The first-order valence-corrected chi connectivity index (χ1v) is 7.15. The number of rotatable bonds is 1. The second-order valence-corrected chi connectivity index (χ2v) is 9.74. The van der Waals surface area contributed by atoms with Gasteiger partial charge in [-0.3, -0.25) is 0 Å². The van der Waals surface area contributed by atoms with Gasteiger partial charge in [-0.15, -0.1) is 11.8 Å². The van der Waals surface area contributed by atoms with Crippen LogP contribution in [0.5, 0.6) is 0 Å². The summed E-state index contributed by atoms with van der Waals surface area (Å²) in [5, 5.41) is 0.427. The van der Waals surface area contributed by atoms with Gasteiger partial charge in [0, 0.05) is 6.04 Å². The van der Waals surface area contributed by atoms with Crippen LogP contribution in [0.15, 0.2) is 0 Å². The van der Waals surface area contributed by atoms with E-state index < -0.39 is 8.07 Å². The quantitative estimate of drug-likeness (QED) is 0.415. The summed E-state index contributed by atoms with van der Waals surface area (Å²) in [5.41, 5.74) is 0. The molecule has 1 radical (unpaired) electrons. The van der Waals surface area contributed by atoms with E-state index in [9.17, 15) is 0 Å². The lowest BCUT2D eigenvalue weighted by molar-refractivity contribution is 0.726. The van der Waals surface area contributed by atoms with Gasteiger partial charge in [0.2, 0.25) is 0 Å². The minimum absolute atomic E-state index is 0.427. The van der Waals surface area contributed by atoms with E-state index in [4.69, 9.17) is 0 Å². The first-order chi connectivity index (χ1) is 4.81. The highest BCUT2D eigenvalue weighted by atomic mass is 28.3. The van der Waals surface area contributed by atoms with Gasteiger partial charge in [-0.25, -0.2) is 0 Å². The molecule has 0 fully saturated rings. The third-order valence-electron chi connectivity index (χ3n) is 2.51. The van der Waals surface area contributed by atoms with Crippen LogP contribution in [-0.2, 0) is 0 Å². The minimum Gasteiger partial charge on any atom is -0.107 e. The molecule has 0 aromatic heterocycles. The molecule has 0 N–H and O–H groups in total. The van der Waals surface area contributed by atoms with Crippen LogP contribution in [0, 0.1) is 17.9 Å². The molecule has 63 valence electrons. The van der Waals surface area contributed by atoms with Crippen LogP contribution in [-0.4, -0.2) is 8.07 Å². The summed E-state index contributed by atoms with van der Waals surface area (Å²) >= 11 is 0. The van der Waals surface area contributed by atoms with E-state index in [2.05, 4.69) is 51.8 Å². The standard InChI is InChI=1S/C10H19Si/c1-7-8-9-11(5,6)10(2,3)4/h9H,1-6H3. The second kappa shape index (κ2) is 3.45. The Bertz CT molecular complexity index is 173. The topological polar surface area (TPSA) is 0 Å². The molecule has 0 aliphatic rings. The first kappa shape index (κ1) is 10.8. The summed E-state index contributed by atoms with van der Waals surface area (Å²) in [6.45, 7) is 13.5. The Labute approximate surface area is 72.4 Å². The Morgan fingerprint density at radius 1 is 1.18 bits per heavy atom. The van der Waals surface area contributed by atoms with Crippen molar-refractivity contribution in [3.05, 3.63) is 6.04 Å². The fourth-order valence-corrected chi connectivity index (χ4v) is 1.41. The first-order valence-electron chi connectivity index (χ1n) is 4.08. The SMILES string of the molecule is CC#C[CH][Si](C)(C)C(C)(C)C. The average molecular weight is 167 g/mol. The lowest BCUT2D eigenvalue weighted by atomic mass is 10.2. The molecule has 0 aliphatic heterocycles. The van der Waals surface area contributed by atoms with Crippen molar-refractivity contribution in [2.24, 2.45) is 0 Å². The van der Waals surface area contributed by atoms with Crippen LogP contribution in [0.2, 0.25) is 18.1 Å². The Morgan fingerprint density at radius 3 is 1.91 bits per heavy atom. The molecule has 11 heavy (non-hydrogen) atoms. The zero-order chi connectivity index (χ0) is 9.12. The van der Waals surface area contributed by atoms with Gasteiger partial charge < -0.3 is 0 Å². The van der Waals surface area contributed by atoms with E-state index in [-0.39, 0.29) is 0 Å². The molecule has 1 heteroatoms. The van der Waals surface area contributed by atoms with Crippen molar-refractivity contribution >= 4 is 8.07 Å². The predicted octanol–water partition coefficient (Wildman–Crippen LogP) is 3.26. The lowest BCUT2D eigenvalue weighted by Crippen LogP contribution is -2.37. The third kappa shape index (κ3) is 3.12. The Hall–Kier alpha value is -0.223. The van der Waals surface area contributed by atoms with E-state index in [0.29, 0.717) is 5.04 Å². The fourth-order valence-electron chi connectivity index (χ4n) is 0.469. The van der Waals surface area contributed by atoms with Crippen molar-refractivity contribution < 1.29 is 0 Å². The molecule has 0 unspecified atom stereocenters. The van der Waals surface area contributed by atoms with Crippen molar-refractivity contribution in [2.75, 3.05) is 0 Å². The van der Waals surface area contributed by atoms with Gasteiger partial charge in [0.1, 0.15) is 0 Å². The maximum atomic E-state index is 3.08. The van der Waals surface area contributed by atoms with Crippen molar-refractivity contribution in [2.45, 2.75) is 45.8 Å². The summed E-state index contributed by atoms with van der Waals surface area (Å²) in [5.74, 6) is 6.01. The van der Waals surface area contributed by atoms with Crippen molar-refractivity contribution in [1.82, 2.24) is 0 Å². The van der Waals surface area contributed by atoms with Gasteiger partial charge >= 0.3 is 0 Å². The van der Waals surface area contributed by atoms with E-state index >= 15 is 0 Å². The second-order valence-electron chi connectivity index (χ2n) is 4.51. The van der Waals surface area contributed by atoms with Crippen LogP contribution < -0.4 is 0 Å². The zero-order valence-corrected chi connectivity index (χ0v) is 9.58. The molecule has 0 rings (SSSR count). The smallest absolute Gasteiger partial charge is 0.0708 e. The summed E-state index contributed by atoms with van der Waals surface area (Å²) in [7, 11) is -1.22. The molecule has 0 aromatic rings. The largest absolute Gasteiger partial charge is 0.107 e. The molecular weight excluding hydrogens is 148 g/mol. The van der Waals surface area contributed by atoms with Gasteiger partial charge in [0.25, 0.3) is 0 Å². The average Bonchev–Trinajstić information content (AvgIpc) is 1.81. The Morgan fingerprint density at radius 2 is 1.64 bits per heavy atom. The summed E-state index contributed by atoms with van der Waals surface area (Å²) in [6.07, 6.45) is 0. The van der Waals surface area contributed by atoms with Crippen molar-refractivity contribution in [3.63, 3.8) is 0 Å². The highest BCUT2D eigenvalue weighted by Gasteiger charge is 2.34. The summed E-state index contributed by atoms with van der Waals surface area (Å²) in [4.78, 5) is 0. The van der Waals surface area contributed by atoms with E-state index in [1.165, 1.54) is 0 Å². The summed E-state index contributed by atoms with van der Waals surface area (Å²) < 4.78 is 0. The molecule has 0 spiro atoms. The maximum absolute atomic E-state index is 3.08. The molecule has 0 nitrogen and oxygen atoms in total. The molecule has 0 atom stereocenters. The molecule has 0 aromatic carbocycles. The van der Waals surface area contributed by atoms with Crippen molar-refractivity contribution in [1.29, 1.82) is 0 Å². The van der Waals surface area contributed by atoms with Gasteiger partial charge in [0.15, 0.2) is 0 Å². The molecule has 0 heterocycles. The van der Waals surface area contributed by atoms with E-state index in [1.54, 1.807) is 0 Å². The summed E-state index contributed by atoms with van der Waals surface area (Å²) in [6, 6.07) is 2.23. The number of hydrogen-bond donors (Lipinski definition) is 0. The minimum atomic E-state index is -1.22. The maximum Gasteiger partial charge on any atom is 0.0708 e. The van der Waals surface area contributed by atoms with Crippen LogP contribution in [0.25, 0.3) is 0 Å². The highest BCUT2D eigenvalue weighted by molar-refractivity contribution is 6.84. The molecular formula is C10H19Si. The Kier molecular flexibility index (Phi) is 3.38. The zero-order valence-electron chi connectivity index (χ0n) is 8.58. The van der Waals surface area contributed by atoms with Crippen molar-refractivity contribution in [3.8, 4) is 11.8 Å². The third-order valence-corrected chi connectivity index (χ3v) is 7.24. The van der Waals surface area contributed by atoms with Crippen LogP contribution in [0.3, 0.4) is 0 Å². The molecule has 0 bridgehead atoms. The van der Waals surface area contributed by atoms with Crippen LogP contribution >= 0.6 is 0 Å². The van der Waals surface area contributed by atoms with E-state index in [0.717, 1.165) is 0 Å². The van der Waals surface area contributed by atoms with Crippen LogP contribution in [0.4, 0.5) is 0 Å².